The normalized spacial score (nSPS) is 26.2. The van der Waals surface area contributed by atoms with Crippen molar-refractivity contribution < 1.29 is 4.52 Å². The summed E-state index contributed by atoms with van der Waals surface area (Å²) >= 11 is 0. The van der Waals surface area contributed by atoms with E-state index in [9.17, 15) is 0 Å². The Hall–Kier alpha value is -0.940. The molecule has 90 valence electrons. The van der Waals surface area contributed by atoms with Gasteiger partial charge in [-0.05, 0) is 32.4 Å². The average Bonchev–Trinajstić information content (AvgIpc) is 2.81. The van der Waals surface area contributed by atoms with E-state index in [1.165, 1.54) is 32.1 Å². The largest absolute Gasteiger partial charge is 0.343 e. The van der Waals surface area contributed by atoms with Crippen LogP contribution in [0.2, 0.25) is 0 Å². The molecular formula is C11H20N4O. The molecule has 2 rings (SSSR count). The first-order chi connectivity index (χ1) is 7.81. The van der Waals surface area contributed by atoms with Crippen molar-refractivity contribution in [2.45, 2.75) is 38.3 Å². The van der Waals surface area contributed by atoms with E-state index in [1.807, 2.05) is 0 Å². The van der Waals surface area contributed by atoms with Gasteiger partial charge in [0.2, 0.25) is 6.39 Å². The van der Waals surface area contributed by atoms with Crippen molar-refractivity contribution in [2.24, 2.45) is 11.7 Å². The molecule has 0 spiro atoms. The van der Waals surface area contributed by atoms with E-state index in [-0.39, 0.29) is 0 Å². The first-order valence-electron chi connectivity index (χ1n) is 5.97. The number of aromatic nitrogens is 2. The Morgan fingerprint density at radius 2 is 2.31 bits per heavy atom. The van der Waals surface area contributed by atoms with Crippen molar-refractivity contribution in [3.05, 3.63) is 12.2 Å². The minimum Gasteiger partial charge on any atom is -0.343 e. The van der Waals surface area contributed by atoms with Crippen LogP contribution in [0.5, 0.6) is 0 Å². The fourth-order valence-electron chi connectivity index (χ4n) is 2.65. The predicted molar refractivity (Wildman–Crippen MR) is 60.6 cm³/mol. The van der Waals surface area contributed by atoms with Crippen LogP contribution in [0.4, 0.5) is 0 Å². The molecule has 0 amide bonds. The van der Waals surface area contributed by atoms with E-state index in [1.54, 1.807) is 0 Å². The zero-order valence-corrected chi connectivity index (χ0v) is 9.80. The van der Waals surface area contributed by atoms with E-state index in [4.69, 9.17) is 10.3 Å². The van der Waals surface area contributed by atoms with Gasteiger partial charge in [0.25, 0.3) is 0 Å². The number of nitrogens with zero attached hydrogens (tertiary/aromatic N) is 3. The molecule has 1 aliphatic carbocycles. The summed E-state index contributed by atoms with van der Waals surface area (Å²) in [4.78, 5) is 6.36. The van der Waals surface area contributed by atoms with Crippen LogP contribution >= 0.6 is 0 Å². The van der Waals surface area contributed by atoms with Gasteiger partial charge >= 0.3 is 0 Å². The second kappa shape index (κ2) is 5.41. The van der Waals surface area contributed by atoms with Gasteiger partial charge in [0.1, 0.15) is 0 Å². The molecule has 1 aromatic rings. The second-order valence-corrected chi connectivity index (χ2v) is 4.61. The van der Waals surface area contributed by atoms with E-state index in [0.29, 0.717) is 12.0 Å². The second-order valence-electron chi connectivity index (χ2n) is 4.61. The minimum atomic E-state index is 0.567. The first kappa shape index (κ1) is 11.5. The molecule has 0 saturated heterocycles. The lowest BCUT2D eigenvalue weighted by molar-refractivity contribution is 0.124. The maximum atomic E-state index is 5.83. The summed E-state index contributed by atoms with van der Waals surface area (Å²) < 4.78 is 4.74. The highest BCUT2D eigenvalue weighted by molar-refractivity contribution is 4.86. The van der Waals surface area contributed by atoms with Gasteiger partial charge in [-0.1, -0.05) is 18.0 Å². The number of hydrogen-bond donors (Lipinski definition) is 1. The van der Waals surface area contributed by atoms with Crippen LogP contribution in [-0.2, 0) is 6.54 Å². The van der Waals surface area contributed by atoms with Gasteiger partial charge in [0.05, 0.1) is 6.54 Å². The van der Waals surface area contributed by atoms with Crippen LogP contribution in [0.15, 0.2) is 10.9 Å². The lowest BCUT2D eigenvalue weighted by atomic mass is 9.84. The molecule has 2 N–H and O–H groups in total. The summed E-state index contributed by atoms with van der Waals surface area (Å²) in [6, 6.07) is 0.567. The summed E-state index contributed by atoms with van der Waals surface area (Å²) in [7, 11) is 2.12. The number of hydrogen-bond acceptors (Lipinski definition) is 5. The zero-order chi connectivity index (χ0) is 11.4. The standard InChI is InChI=1S/C11H20N4O/c1-15(7-11-13-8-16-14-11)10-5-3-2-4-9(10)6-12/h8-10H,2-7,12H2,1H3. The quantitative estimate of drug-likeness (QED) is 0.827. The molecule has 0 aliphatic heterocycles. The molecule has 0 radical (unpaired) electrons. The molecular weight excluding hydrogens is 204 g/mol. The van der Waals surface area contributed by atoms with E-state index in [0.717, 1.165) is 18.9 Å². The van der Waals surface area contributed by atoms with Crippen molar-refractivity contribution >= 4 is 0 Å². The summed E-state index contributed by atoms with van der Waals surface area (Å²) in [5, 5.41) is 3.84. The molecule has 2 atom stereocenters. The summed E-state index contributed by atoms with van der Waals surface area (Å²) in [6.07, 6.45) is 6.48. The van der Waals surface area contributed by atoms with Gasteiger partial charge in [-0.3, -0.25) is 4.90 Å². The highest BCUT2D eigenvalue weighted by atomic mass is 16.5. The van der Waals surface area contributed by atoms with Crippen molar-refractivity contribution in [2.75, 3.05) is 13.6 Å². The Balaban J connectivity index is 1.94. The Morgan fingerprint density at radius 1 is 1.50 bits per heavy atom. The van der Waals surface area contributed by atoms with Crippen molar-refractivity contribution in [3.63, 3.8) is 0 Å². The van der Waals surface area contributed by atoms with Gasteiger partial charge < -0.3 is 10.3 Å². The van der Waals surface area contributed by atoms with Gasteiger partial charge in [-0.2, -0.15) is 4.98 Å². The maximum absolute atomic E-state index is 5.83. The SMILES string of the molecule is CN(Cc1ncon1)C1CCCCC1CN. The monoisotopic (exact) mass is 224 g/mol. The van der Waals surface area contributed by atoms with Crippen molar-refractivity contribution in [1.82, 2.24) is 15.0 Å². The van der Waals surface area contributed by atoms with Crippen molar-refractivity contribution in [1.29, 1.82) is 0 Å². The van der Waals surface area contributed by atoms with E-state index >= 15 is 0 Å². The number of nitrogens with two attached hydrogens (primary N) is 1. The fourth-order valence-corrected chi connectivity index (χ4v) is 2.65. The molecule has 1 aromatic heterocycles. The van der Waals surface area contributed by atoms with Crippen LogP contribution in [0.3, 0.4) is 0 Å². The molecule has 5 heteroatoms. The van der Waals surface area contributed by atoms with Gasteiger partial charge in [0.15, 0.2) is 5.82 Å². The highest BCUT2D eigenvalue weighted by Gasteiger charge is 2.27. The third-order valence-electron chi connectivity index (χ3n) is 3.54. The summed E-state index contributed by atoms with van der Waals surface area (Å²) in [5.41, 5.74) is 5.83. The molecule has 2 unspecified atom stereocenters. The van der Waals surface area contributed by atoms with Crippen LogP contribution in [0.25, 0.3) is 0 Å². The van der Waals surface area contributed by atoms with Crippen LogP contribution in [-0.4, -0.2) is 34.7 Å². The molecule has 0 aromatic carbocycles. The lowest BCUT2D eigenvalue weighted by Crippen LogP contribution is -2.42. The Morgan fingerprint density at radius 3 is 3.00 bits per heavy atom. The van der Waals surface area contributed by atoms with Crippen LogP contribution in [0.1, 0.15) is 31.5 Å². The Labute approximate surface area is 96.0 Å². The van der Waals surface area contributed by atoms with Crippen molar-refractivity contribution in [3.8, 4) is 0 Å². The Bertz CT molecular complexity index is 301. The molecule has 1 heterocycles. The lowest BCUT2D eigenvalue weighted by Gasteiger charge is -2.36. The summed E-state index contributed by atoms with van der Waals surface area (Å²) in [6.45, 7) is 1.53. The topological polar surface area (TPSA) is 68.2 Å². The van der Waals surface area contributed by atoms with E-state index in [2.05, 4.69) is 22.1 Å². The Kier molecular flexibility index (Phi) is 3.90. The zero-order valence-electron chi connectivity index (χ0n) is 9.80. The van der Waals surface area contributed by atoms with Gasteiger partial charge in [-0.25, -0.2) is 0 Å². The predicted octanol–water partition coefficient (Wildman–Crippen LogP) is 1.02. The van der Waals surface area contributed by atoms with Gasteiger partial charge in [-0.15, -0.1) is 0 Å². The smallest absolute Gasteiger partial charge is 0.213 e. The fraction of sp³-hybridized carbons (Fsp3) is 0.818. The molecule has 1 aliphatic rings. The molecule has 1 saturated carbocycles. The molecule has 5 nitrogen and oxygen atoms in total. The van der Waals surface area contributed by atoms with E-state index < -0.39 is 0 Å². The average molecular weight is 224 g/mol. The minimum absolute atomic E-state index is 0.567. The van der Waals surface area contributed by atoms with Crippen LogP contribution < -0.4 is 5.73 Å². The first-order valence-corrected chi connectivity index (χ1v) is 5.97. The highest BCUT2D eigenvalue weighted by Crippen LogP contribution is 2.27. The molecule has 0 bridgehead atoms. The van der Waals surface area contributed by atoms with Crippen LogP contribution in [0, 0.1) is 5.92 Å². The molecule has 1 fully saturated rings. The number of rotatable bonds is 4. The molecule has 16 heavy (non-hydrogen) atoms. The third-order valence-corrected chi connectivity index (χ3v) is 3.54. The maximum Gasteiger partial charge on any atom is 0.213 e. The third kappa shape index (κ3) is 2.59. The summed E-state index contributed by atoms with van der Waals surface area (Å²) in [5.74, 6) is 1.37. The van der Waals surface area contributed by atoms with Gasteiger partial charge in [0, 0.05) is 6.04 Å².